The average molecular weight is 425 g/mol. The largest absolute Gasteiger partial charge is 0.490 e. The first-order chi connectivity index (χ1) is 14.9. The van der Waals surface area contributed by atoms with Crippen molar-refractivity contribution < 1.29 is 19.2 Å². The molecule has 0 unspecified atom stereocenters. The van der Waals surface area contributed by atoms with Crippen LogP contribution in [0, 0.1) is 10.1 Å². The van der Waals surface area contributed by atoms with E-state index in [4.69, 9.17) is 9.47 Å². The van der Waals surface area contributed by atoms with Crippen LogP contribution in [0.25, 0.3) is 10.9 Å². The number of hydrogen-bond acceptors (Lipinski definition) is 6. The summed E-state index contributed by atoms with van der Waals surface area (Å²) in [5, 5.41) is 14.7. The van der Waals surface area contributed by atoms with Gasteiger partial charge in [0.15, 0.2) is 11.5 Å². The highest BCUT2D eigenvalue weighted by molar-refractivity contribution is 6.13. The molecule has 9 nitrogen and oxygen atoms in total. The van der Waals surface area contributed by atoms with Crippen LogP contribution in [0.3, 0.4) is 0 Å². The zero-order valence-electron chi connectivity index (χ0n) is 17.3. The zero-order chi connectivity index (χ0) is 22.4. The summed E-state index contributed by atoms with van der Waals surface area (Å²) in [7, 11) is 0. The summed E-state index contributed by atoms with van der Waals surface area (Å²) in [6.07, 6.45) is 1.44. The minimum atomic E-state index is -0.644. The van der Waals surface area contributed by atoms with Crippen molar-refractivity contribution in [3.8, 4) is 11.5 Å². The summed E-state index contributed by atoms with van der Waals surface area (Å²) in [4.78, 5) is 38.7. The number of nitro groups is 1. The molecular weight excluding hydrogens is 402 g/mol. The Bertz CT molecular complexity index is 1170. The molecule has 31 heavy (non-hydrogen) atoms. The second-order valence-corrected chi connectivity index (χ2v) is 6.82. The second kappa shape index (κ2) is 9.75. The van der Waals surface area contributed by atoms with Crippen molar-refractivity contribution >= 4 is 28.2 Å². The molecule has 0 aliphatic heterocycles. The smallest absolute Gasteiger partial charge is 0.296 e. The van der Waals surface area contributed by atoms with Gasteiger partial charge in [-0.15, -0.1) is 0 Å². The number of ether oxygens (including phenoxy) is 2. The van der Waals surface area contributed by atoms with E-state index in [0.29, 0.717) is 29.9 Å². The minimum Gasteiger partial charge on any atom is -0.490 e. The van der Waals surface area contributed by atoms with Crippen LogP contribution in [0.4, 0.5) is 11.4 Å². The molecule has 2 aromatic carbocycles. The SMILES string of the molecule is CCCOc1cc(NC(=O)c2cc(=O)[nH]c3ccccc23)c([N+](=O)[O-])cc1OCCC. The Kier molecular flexibility index (Phi) is 6.86. The van der Waals surface area contributed by atoms with Gasteiger partial charge in [0, 0.05) is 23.0 Å². The summed E-state index contributed by atoms with van der Waals surface area (Å²) in [5.41, 5.74) is -0.235. The highest BCUT2D eigenvalue weighted by atomic mass is 16.6. The first kappa shape index (κ1) is 21.8. The van der Waals surface area contributed by atoms with Crippen LogP contribution >= 0.6 is 0 Å². The van der Waals surface area contributed by atoms with Gasteiger partial charge in [-0.3, -0.25) is 19.7 Å². The molecule has 0 aliphatic carbocycles. The Morgan fingerprint density at radius 2 is 1.71 bits per heavy atom. The van der Waals surface area contributed by atoms with Crippen LogP contribution in [-0.2, 0) is 0 Å². The van der Waals surface area contributed by atoms with Gasteiger partial charge in [0.25, 0.3) is 11.6 Å². The molecule has 0 bridgehead atoms. The molecule has 1 heterocycles. The topological polar surface area (TPSA) is 124 Å². The van der Waals surface area contributed by atoms with E-state index < -0.39 is 16.4 Å². The number of hydrogen-bond donors (Lipinski definition) is 2. The van der Waals surface area contributed by atoms with Crippen molar-refractivity contribution in [2.75, 3.05) is 18.5 Å². The van der Waals surface area contributed by atoms with E-state index in [0.717, 1.165) is 18.9 Å². The van der Waals surface area contributed by atoms with Gasteiger partial charge in [-0.1, -0.05) is 32.0 Å². The molecule has 0 saturated carbocycles. The summed E-state index contributed by atoms with van der Waals surface area (Å²) >= 11 is 0. The summed E-state index contributed by atoms with van der Waals surface area (Å²) in [6.45, 7) is 4.59. The Balaban J connectivity index is 2.04. The number of amides is 1. The van der Waals surface area contributed by atoms with Gasteiger partial charge in [-0.25, -0.2) is 0 Å². The number of benzene rings is 2. The Morgan fingerprint density at radius 1 is 1.06 bits per heavy atom. The van der Waals surface area contributed by atoms with Crippen LogP contribution in [0.2, 0.25) is 0 Å². The van der Waals surface area contributed by atoms with Crippen molar-refractivity contribution in [2.24, 2.45) is 0 Å². The maximum Gasteiger partial charge on any atom is 0.296 e. The maximum atomic E-state index is 13.0. The molecule has 1 aromatic heterocycles. The number of fused-ring (bicyclic) bond motifs is 1. The molecule has 0 saturated heterocycles. The average Bonchev–Trinajstić information content (AvgIpc) is 2.75. The van der Waals surface area contributed by atoms with Crippen LogP contribution in [0.15, 0.2) is 47.3 Å². The Labute approximate surface area is 178 Å². The molecule has 162 valence electrons. The van der Waals surface area contributed by atoms with E-state index in [-0.39, 0.29) is 22.7 Å². The molecule has 2 N–H and O–H groups in total. The third-order valence-electron chi connectivity index (χ3n) is 4.43. The monoisotopic (exact) mass is 425 g/mol. The summed E-state index contributed by atoms with van der Waals surface area (Å²) in [5.74, 6) is -0.109. The van der Waals surface area contributed by atoms with Gasteiger partial charge >= 0.3 is 0 Å². The van der Waals surface area contributed by atoms with E-state index in [1.54, 1.807) is 24.3 Å². The number of pyridine rings is 1. The quantitative estimate of drug-likeness (QED) is 0.390. The normalized spacial score (nSPS) is 10.6. The van der Waals surface area contributed by atoms with Crippen molar-refractivity contribution in [2.45, 2.75) is 26.7 Å². The number of rotatable bonds is 9. The number of nitrogens with one attached hydrogen (secondary N) is 2. The van der Waals surface area contributed by atoms with Crippen molar-refractivity contribution in [3.63, 3.8) is 0 Å². The lowest BCUT2D eigenvalue weighted by Crippen LogP contribution is -2.17. The van der Waals surface area contributed by atoms with Crippen molar-refractivity contribution in [1.82, 2.24) is 4.98 Å². The predicted molar refractivity (Wildman–Crippen MR) is 117 cm³/mol. The van der Waals surface area contributed by atoms with E-state index in [2.05, 4.69) is 10.3 Å². The minimum absolute atomic E-state index is 0.0469. The van der Waals surface area contributed by atoms with Gasteiger partial charge < -0.3 is 19.8 Å². The van der Waals surface area contributed by atoms with Crippen LogP contribution in [-0.4, -0.2) is 29.0 Å². The van der Waals surface area contributed by atoms with Gasteiger partial charge in [-0.2, -0.15) is 0 Å². The molecule has 0 radical (unpaired) electrons. The van der Waals surface area contributed by atoms with Crippen molar-refractivity contribution in [1.29, 1.82) is 0 Å². The number of H-pyrrole nitrogens is 1. The summed E-state index contributed by atoms with van der Waals surface area (Å²) < 4.78 is 11.3. The number of nitrogens with zero attached hydrogens (tertiary/aromatic N) is 1. The molecule has 0 atom stereocenters. The fourth-order valence-corrected chi connectivity index (χ4v) is 3.03. The molecule has 0 fully saturated rings. The molecular formula is C22H23N3O6. The van der Waals surface area contributed by atoms with E-state index in [9.17, 15) is 19.7 Å². The molecule has 3 aromatic rings. The van der Waals surface area contributed by atoms with Gasteiger partial charge in [-0.05, 0) is 18.9 Å². The van der Waals surface area contributed by atoms with Gasteiger partial charge in [0.1, 0.15) is 5.69 Å². The lowest BCUT2D eigenvalue weighted by atomic mass is 10.1. The fourth-order valence-electron chi connectivity index (χ4n) is 3.03. The number of nitro benzene ring substituents is 1. The first-order valence-corrected chi connectivity index (χ1v) is 9.96. The number of carbonyl (C=O) groups is 1. The third-order valence-corrected chi connectivity index (χ3v) is 4.43. The maximum absolute atomic E-state index is 13.0. The standard InChI is InChI=1S/C22H23N3O6/c1-3-9-30-19-12-17(18(25(28)29)13-20(19)31-10-4-2)24-22(27)15-11-21(26)23-16-8-6-5-7-14(15)16/h5-8,11-13H,3-4,9-10H2,1-2H3,(H,23,26)(H,24,27). The number of para-hydroxylation sites is 1. The fraction of sp³-hybridized carbons (Fsp3) is 0.273. The number of anilines is 1. The summed E-state index contributed by atoms with van der Waals surface area (Å²) in [6, 6.07) is 10.6. The first-order valence-electron chi connectivity index (χ1n) is 9.96. The van der Waals surface area contributed by atoms with E-state index in [1.807, 2.05) is 13.8 Å². The zero-order valence-corrected chi connectivity index (χ0v) is 17.3. The second-order valence-electron chi connectivity index (χ2n) is 6.82. The predicted octanol–water partition coefficient (Wildman–Crippen LogP) is 4.27. The van der Waals surface area contributed by atoms with E-state index in [1.165, 1.54) is 12.1 Å². The lowest BCUT2D eigenvalue weighted by Gasteiger charge is -2.15. The molecule has 0 spiro atoms. The third kappa shape index (κ3) is 5.00. The molecule has 0 aliphatic rings. The molecule has 1 amide bonds. The van der Waals surface area contributed by atoms with Crippen LogP contribution in [0.1, 0.15) is 37.0 Å². The number of carbonyl (C=O) groups excluding carboxylic acids is 1. The van der Waals surface area contributed by atoms with Crippen LogP contribution < -0.4 is 20.3 Å². The van der Waals surface area contributed by atoms with E-state index >= 15 is 0 Å². The molecule has 3 rings (SSSR count). The molecule has 9 heteroatoms. The number of aromatic nitrogens is 1. The Hall–Kier alpha value is -3.88. The number of aromatic amines is 1. The van der Waals surface area contributed by atoms with Gasteiger partial charge in [0.05, 0.1) is 29.8 Å². The lowest BCUT2D eigenvalue weighted by molar-refractivity contribution is -0.384. The highest BCUT2D eigenvalue weighted by Crippen LogP contribution is 2.38. The van der Waals surface area contributed by atoms with Crippen LogP contribution in [0.5, 0.6) is 11.5 Å². The van der Waals surface area contributed by atoms with Crippen molar-refractivity contribution in [3.05, 3.63) is 68.5 Å². The highest BCUT2D eigenvalue weighted by Gasteiger charge is 2.23. The Morgan fingerprint density at radius 3 is 2.35 bits per heavy atom. The van der Waals surface area contributed by atoms with Gasteiger partial charge in [0.2, 0.25) is 5.56 Å².